The van der Waals surface area contributed by atoms with Crippen LogP contribution in [0, 0.1) is 5.92 Å². The van der Waals surface area contributed by atoms with Crippen LogP contribution in [-0.4, -0.2) is 46.9 Å². The number of carbonyl (C=O) groups excluding carboxylic acids is 3. The van der Waals surface area contributed by atoms with E-state index in [1.807, 2.05) is 6.92 Å². The summed E-state index contributed by atoms with van der Waals surface area (Å²) >= 11 is 0. The third-order valence-corrected chi connectivity index (χ3v) is 3.17. The number of amides is 2. The third kappa shape index (κ3) is 8.23. The second-order valence-electron chi connectivity index (χ2n) is 7.91. The minimum Gasteiger partial charge on any atom is -0.464 e. The normalized spacial score (nSPS) is 14.3. The van der Waals surface area contributed by atoms with E-state index in [1.54, 1.807) is 55.4 Å². The average Bonchev–Trinajstić information content (AvgIpc) is 2.39. The molecule has 0 unspecified atom stereocenters. The largest absolute Gasteiger partial charge is 0.464 e. The predicted octanol–water partition coefficient (Wildman–Crippen LogP) is 4.14. The fourth-order valence-corrected chi connectivity index (χ4v) is 1.97. The van der Waals surface area contributed by atoms with Crippen LogP contribution in [0.1, 0.15) is 68.7 Å². The van der Waals surface area contributed by atoms with Gasteiger partial charge in [0, 0.05) is 0 Å². The Kier molecular flexibility index (Phi) is 8.41. The van der Waals surface area contributed by atoms with E-state index in [4.69, 9.17) is 14.2 Å². The Labute approximate surface area is 151 Å². The molecule has 0 aliphatic heterocycles. The molecule has 0 saturated carbocycles. The van der Waals surface area contributed by atoms with E-state index < -0.39 is 35.4 Å². The first-order chi connectivity index (χ1) is 11.2. The third-order valence-electron chi connectivity index (χ3n) is 3.17. The first-order valence-corrected chi connectivity index (χ1v) is 8.65. The Morgan fingerprint density at radius 2 is 1.28 bits per heavy atom. The van der Waals surface area contributed by atoms with E-state index in [0.29, 0.717) is 6.42 Å². The van der Waals surface area contributed by atoms with Gasteiger partial charge in [0.1, 0.15) is 17.2 Å². The maximum Gasteiger partial charge on any atom is 0.420 e. The number of rotatable bonds is 5. The van der Waals surface area contributed by atoms with Crippen LogP contribution in [0.5, 0.6) is 0 Å². The van der Waals surface area contributed by atoms with Crippen molar-refractivity contribution in [3.63, 3.8) is 0 Å². The van der Waals surface area contributed by atoms with E-state index in [0.717, 1.165) is 4.90 Å². The van der Waals surface area contributed by atoms with Gasteiger partial charge in [-0.25, -0.2) is 14.4 Å². The summed E-state index contributed by atoms with van der Waals surface area (Å²) in [7, 11) is 0. The highest BCUT2D eigenvalue weighted by molar-refractivity contribution is 5.94. The molecule has 0 saturated heterocycles. The van der Waals surface area contributed by atoms with Crippen molar-refractivity contribution >= 4 is 18.2 Å². The molecule has 0 aromatic heterocycles. The van der Waals surface area contributed by atoms with Crippen molar-refractivity contribution in [1.82, 2.24) is 4.90 Å². The SMILES string of the molecule is CCOC(=O)[C@@H]([C@@H](C)CC)N(C(=O)OC(C)(C)C)C(=O)OC(C)(C)C. The van der Waals surface area contributed by atoms with Gasteiger partial charge in [-0.2, -0.15) is 4.90 Å². The Balaban J connectivity index is 5.89. The molecule has 2 atom stereocenters. The fourth-order valence-electron chi connectivity index (χ4n) is 1.97. The quantitative estimate of drug-likeness (QED) is 0.542. The Morgan fingerprint density at radius 1 is 0.880 bits per heavy atom. The topological polar surface area (TPSA) is 82.1 Å². The standard InChI is InChI=1S/C18H33NO6/c1-10-12(3)13(14(20)23-11-2)19(15(21)24-17(4,5)6)16(22)25-18(7,8)9/h12-13H,10-11H2,1-9H3/t12-,13+/m0/s1. The van der Waals surface area contributed by atoms with Crippen LogP contribution in [-0.2, 0) is 19.0 Å². The molecule has 0 N–H and O–H groups in total. The van der Waals surface area contributed by atoms with Crippen molar-refractivity contribution in [1.29, 1.82) is 0 Å². The van der Waals surface area contributed by atoms with Gasteiger partial charge in [0.05, 0.1) is 6.61 Å². The summed E-state index contributed by atoms with van der Waals surface area (Å²) in [6, 6.07) is -1.12. The minimum atomic E-state index is -1.12. The van der Waals surface area contributed by atoms with E-state index in [9.17, 15) is 14.4 Å². The molecule has 0 heterocycles. The summed E-state index contributed by atoms with van der Waals surface area (Å²) in [4.78, 5) is 38.5. The minimum absolute atomic E-state index is 0.141. The molecule has 146 valence electrons. The monoisotopic (exact) mass is 359 g/mol. The predicted molar refractivity (Wildman–Crippen MR) is 94.2 cm³/mol. The Morgan fingerprint density at radius 3 is 1.56 bits per heavy atom. The lowest BCUT2D eigenvalue weighted by atomic mass is 9.98. The summed E-state index contributed by atoms with van der Waals surface area (Å²) in [5.74, 6) is -0.979. The molecule has 0 spiro atoms. The highest BCUT2D eigenvalue weighted by Gasteiger charge is 2.43. The molecule has 0 aliphatic rings. The second kappa shape index (κ2) is 9.06. The molecular formula is C18H33NO6. The molecule has 2 amide bonds. The van der Waals surface area contributed by atoms with Crippen LogP contribution in [0.3, 0.4) is 0 Å². The highest BCUT2D eigenvalue weighted by Crippen LogP contribution is 2.23. The van der Waals surface area contributed by atoms with E-state index in [2.05, 4.69) is 0 Å². The number of imide groups is 1. The zero-order chi connectivity index (χ0) is 20.0. The van der Waals surface area contributed by atoms with Crippen LogP contribution in [0.2, 0.25) is 0 Å². The van der Waals surface area contributed by atoms with Crippen molar-refractivity contribution in [2.75, 3.05) is 6.61 Å². The van der Waals surface area contributed by atoms with Crippen molar-refractivity contribution < 1.29 is 28.6 Å². The van der Waals surface area contributed by atoms with E-state index in [-0.39, 0.29) is 12.5 Å². The summed E-state index contributed by atoms with van der Waals surface area (Å²) in [5, 5.41) is 0. The molecule has 0 fully saturated rings. The first kappa shape index (κ1) is 23.2. The van der Waals surface area contributed by atoms with Crippen LogP contribution in [0.4, 0.5) is 9.59 Å². The molecule has 7 heteroatoms. The smallest absolute Gasteiger partial charge is 0.420 e. The Hall–Kier alpha value is -1.79. The van der Waals surface area contributed by atoms with Crippen molar-refractivity contribution in [3.8, 4) is 0 Å². The molecule has 0 aliphatic carbocycles. The fraction of sp³-hybridized carbons (Fsp3) is 0.833. The van der Waals surface area contributed by atoms with Gasteiger partial charge in [-0.3, -0.25) is 0 Å². The van der Waals surface area contributed by atoms with Gasteiger partial charge in [-0.05, 0) is 54.4 Å². The number of hydrogen-bond acceptors (Lipinski definition) is 6. The van der Waals surface area contributed by atoms with Gasteiger partial charge >= 0.3 is 18.2 Å². The molecule has 0 aromatic rings. The van der Waals surface area contributed by atoms with Gasteiger partial charge in [0.25, 0.3) is 0 Å². The van der Waals surface area contributed by atoms with Gasteiger partial charge in [-0.15, -0.1) is 0 Å². The van der Waals surface area contributed by atoms with Crippen LogP contribution in [0.15, 0.2) is 0 Å². The zero-order valence-corrected chi connectivity index (χ0v) is 17.0. The zero-order valence-electron chi connectivity index (χ0n) is 17.0. The number of esters is 1. The lowest BCUT2D eigenvalue weighted by Gasteiger charge is -2.34. The number of carbonyl (C=O) groups is 3. The van der Waals surface area contributed by atoms with Gasteiger partial charge in [0.2, 0.25) is 0 Å². The summed E-state index contributed by atoms with van der Waals surface area (Å²) in [6.45, 7) is 15.5. The lowest BCUT2D eigenvalue weighted by Crippen LogP contribution is -2.54. The Bertz CT molecular complexity index is 447. The van der Waals surface area contributed by atoms with Gasteiger partial charge in [0.15, 0.2) is 0 Å². The van der Waals surface area contributed by atoms with E-state index in [1.165, 1.54) is 0 Å². The number of ether oxygens (including phenoxy) is 3. The van der Waals surface area contributed by atoms with Crippen molar-refractivity contribution in [3.05, 3.63) is 0 Å². The van der Waals surface area contributed by atoms with Crippen LogP contribution in [0.25, 0.3) is 0 Å². The first-order valence-electron chi connectivity index (χ1n) is 8.65. The van der Waals surface area contributed by atoms with Crippen molar-refractivity contribution in [2.45, 2.75) is 86.0 Å². The molecule has 0 bridgehead atoms. The van der Waals surface area contributed by atoms with Crippen LogP contribution < -0.4 is 0 Å². The molecule has 0 radical (unpaired) electrons. The molecule has 25 heavy (non-hydrogen) atoms. The molecule has 0 rings (SSSR count). The molecular weight excluding hydrogens is 326 g/mol. The second-order valence-corrected chi connectivity index (χ2v) is 7.91. The molecule has 0 aromatic carbocycles. The van der Waals surface area contributed by atoms with E-state index >= 15 is 0 Å². The highest BCUT2D eigenvalue weighted by atomic mass is 16.6. The lowest BCUT2D eigenvalue weighted by molar-refractivity contribution is -0.151. The molecule has 7 nitrogen and oxygen atoms in total. The summed E-state index contributed by atoms with van der Waals surface area (Å²) in [5.41, 5.74) is -1.65. The summed E-state index contributed by atoms with van der Waals surface area (Å²) in [6.07, 6.45) is -1.30. The average molecular weight is 359 g/mol. The van der Waals surface area contributed by atoms with Gasteiger partial charge in [-0.1, -0.05) is 20.3 Å². The van der Waals surface area contributed by atoms with Gasteiger partial charge < -0.3 is 14.2 Å². The maximum absolute atomic E-state index is 12.7. The van der Waals surface area contributed by atoms with Crippen LogP contribution >= 0.6 is 0 Å². The maximum atomic E-state index is 12.7. The number of nitrogens with zero attached hydrogens (tertiary/aromatic N) is 1. The van der Waals surface area contributed by atoms with Crippen molar-refractivity contribution in [2.24, 2.45) is 5.92 Å². The number of hydrogen-bond donors (Lipinski definition) is 0. The summed E-state index contributed by atoms with van der Waals surface area (Å²) < 4.78 is 15.7.